The maximum Gasteiger partial charge on any atom is 0.433 e. The number of benzene rings is 1. The van der Waals surface area contributed by atoms with E-state index in [0.29, 0.717) is 5.82 Å². The van der Waals surface area contributed by atoms with Crippen molar-refractivity contribution < 1.29 is 17.9 Å². The number of methoxy groups -OCH3 is 1. The van der Waals surface area contributed by atoms with E-state index in [1.54, 1.807) is 14.2 Å². The first kappa shape index (κ1) is 20.9. The lowest BCUT2D eigenvalue weighted by atomic mass is 10.0. The highest BCUT2D eigenvalue weighted by Crippen LogP contribution is 2.30. The number of anilines is 1. The lowest BCUT2D eigenvalue weighted by Gasteiger charge is -2.38. The van der Waals surface area contributed by atoms with Crippen molar-refractivity contribution in [1.82, 2.24) is 14.9 Å². The molecule has 1 unspecified atom stereocenters. The average Bonchev–Trinajstić information content (AvgIpc) is 2.67. The third kappa shape index (κ3) is 4.94. The zero-order valence-corrected chi connectivity index (χ0v) is 17.3. The molecular formula is C19H22BrF3N4O. The zero-order valence-electron chi connectivity index (χ0n) is 15.7. The Kier molecular flexibility index (Phi) is 6.44. The molecule has 0 aliphatic carbocycles. The van der Waals surface area contributed by atoms with Gasteiger partial charge in [-0.25, -0.2) is 9.97 Å². The molecule has 2 heterocycles. The molecule has 0 N–H and O–H groups in total. The van der Waals surface area contributed by atoms with Gasteiger partial charge in [0.2, 0.25) is 0 Å². The maximum absolute atomic E-state index is 12.9. The minimum Gasteiger partial charge on any atom is -0.496 e. The van der Waals surface area contributed by atoms with Crippen LogP contribution in [0.25, 0.3) is 0 Å². The van der Waals surface area contributed by atoms with E-state index in [0.717, 1.165) is 60.7 Å². The van der Waals surface area contributed by atoms with Crippen LogP contribution in [0, 0.1) is 0 Å². The van der Waals surface area contributed by atoms with Crippen LogP contribution in [0.2, 0.25) is 0 Å². The van der Waals surface area contributed by atoms with Gasteiger partial charge in [-0.1, -0.05) is 6.07 Å². The molecule has 28 heavy (non-hydrogen) atoms. The number of halogens is 4. The normalized spacial score (nSPS) is 18.1. The fourth-order valence-corrected chi connectivity index (χ4v) is 4.03. The van der Waals surface area contributed by atoms with Gasteiger partial charge in [-0.2, -0.15) is 13.2 Å². The number of hydrogen-bond acceptors (Lipinski definition) is 5. The molecular weight excluding hydrogens is 437 g/mol. The van der Waals surface area contributed by atoms with Crippen molar-refractivity contribution in [2.75, 3.05) is 32.1 Å². The molecule has 1 atom stereocenters. The molecule has 1 aliphatic heterocycles. The summed E-state index contributed by atoms with van der Waals surface area (Å²) in [6.07, 6.45) is -1.61. The van der Waals surface area contributed by atoms with Gasteiger partial charge in [0, 0.05) is 32.2 Å². The molecule has 1 aromatic heterocycles. The van der Waals surface area contributed by atoms with E-state index in [-0.39, 0.29) is 6.04 Å². The summed E-state index contributed by atoms with van der Waals surface area (Å²) in [5.74, 6) is 1.07. The molecule has 0 radical (unpaired) electrons. The van der Waals surface area contributed by atoms with Gasteiger partial charge in [-0.05, 0) is 53.0 Å². The van der Waals surface area contributed by atoms with Gasteiger partial charge >= 0.3 is 6.18 Å². The summed E-state index contributed by atoms with van der Waals surface area (Å²) in [6.45, 7) is 2.47. The van der Waals surface area contributed by atoms with Crippen LogP contribution < -0.4 is 9.64 Å². The Morgan fingerprint density at radius 1 is 1.29 bits per heavy atom. The van der Waals surface area contributed by atoms with E-state index >= 15 is 0 Å². The monoisotopic (exact) mass is 458 g/mol. The smallest absolute Gasteiger partial charge is 0.433 e. The van der Waals surface area contributed by atoms with Crippen LogP contribution in [0.1, 0.15) is 24.1 Å². The minimum absolute atomic E-state index is 0.0893. The lowest BCUT2D eigenvalue weighted by Crippen LogP contribution is -2.46. The van der Waals surface area contributed by atoms with Crippen LogP contribution >= 0.6 is 15.9 Å². The fourth-order valence-electron chi connectivity index (χ4n) is 3.44. The Balaban J connectivity index is 1.68. The number of alkyl halides is 3. The number of likely N-dealkylation sites (N-methyl/N-ethyl adjacent to an activating group) is 1. The molecule has 3 rings (SSSR count). The van der Waals surface area contributed by atoms with Crippen LogP contribution in [0.4, 0.5) is 19.0 Å². The maximum atomic E-state index is 12.9. The number of rotatable bonds is 5. The quantitative estimate of drug-likeness (QED) is 0.665. The molecule has 1 aliphatic rings. The second-order valence-electron chi connectivity index (χ2n) is 6.87. The van der Waals surface area contributed by atoms with Crippen LogP contribution in [0.15, 0.2) is 35.1 Å². The van der Waals surface area contributed by atoms with Crippen molar-refractivity contribution in [3.8, 4) is 5.75 Å². The highest BCUT2D eigenvalue weighted by atomic mass is 79.9. The van der Waals surface area contributed by atoms with Crippen LogP contribution in [0.5, 0.6) is 5.75 Å². The van der Waals surface area contributed by atoms with Crippen molar-refractivity contribution in [2.45, 2.75) is 31.6 Å². The van der Waals surface area contributed by atoms with Gasteiger partial charge in [0.25, 0.3) is 0 Å². The third-order valence-corrected chi connectivity index (χ3v) is 5.57. The number of ether oxygens (including phenoxy) is 1. The molecule has 0 saturated carbocycles. The SMILES string of the molecule is COc1ccc(CN2CCCC(N(C)c3cc(C(F)(F)F)ncn3)C2)cc1Br. The standard InChI is InChI=1S/C19H22BrF3N4O/c1-26(18-9-17(19(21,22)23)24-12-25-18)14-4-3-7-27(11-14)10-13-5-6-16(28-2)15(20)8-13/h5-6,8-9,12,14H,3-4,7,10-11H2,1-2H3. The van der Waals surface area contributed by atoms with Crippen molar-refractivity contribution in [3.05, 3.63) is 46.3 Å². The lowest BCUT2D eigenvalue weighted by molar-refractivity contribution is -0.141. The first-order valence-electron chi connectivity index (χ1n) is 8.95. The van der Waals surface area contributed by atoms with Gasteiger partial charge in [0.1, 0.15) is 23.6 Å². The molecule has 1 aromatic carbocycles. The number of likely N-dealkylation sites (tertiary alicyclic amines) is 1. The minimum atomic E-state index is -4.47. The van der Waals surface area contributed by atoms with Gasteiger partial charge in [-0.15, -0.1) is 0 Å². The summed E-state index contributed by atoms with van der Waals surface area (Å²) in [4.78, 5) is 11.5. The largest absolute Gasteiger partial charge is 0.496 e. The molecule has 1 fully saturated rings. The Bertz CT molecular complexity index is 818. The zero-order chi connectivity index (χ0) is 20.3. The van der Waals surface area contributed by atoms with Gasteiger partial charge in [-0.3, -0.25) is 4.90 Å². The van der Waals surface area contributed by atoms with E-state index < -0.39 is 11.9 Å². The van der Waals surface area contributed by atoms with Gasteiger partial charge in [0.15, 0.2) is 0 Å². The first-order chi connectivity index (χ1) is 13.3. The predicted octanol–water partition coefficient (Wildman–Crippen LogP) is 4.37. The van der Waals surface area contributed by atoms with Crippen LogP contribution in [0.3, 0.4) is 0 Å². The Labute approximate surface area is 170 Å². The molecule has 1 saturated heterocycles. The van der Waals surface area contributed by atoms with Crippen molar-refractivity contribution in [2.24, 2.45) is 0 Å². The number of hydrogen-bond donors (Lipinski definition) is 0. The third-order valence-electron chi connectivity index (χ3n) is 4.96. The molecule has 0 bridgehead atoms. The van der Waals surface area contributed by atoms with Gasteiger partial charge < -0.3 is 9.64 Å². The van der Waals surface area contributed by atoms with Crippen molar-refractivity contribution in [3.63, 3.8) is 0 Å². The first-order valence-corrected chi connectivity index (χ1v) is 9.74. The Morgan fingerprint density at radius 2 is 2.07 bits per heavy atom. The van der Waals surface area contributed by atoms with Crippen molar-refractivity contribution >= 4 is 21.7 Å². The molecule has 152 valence electrons. The summed E-state index contributed by atoms with van der Waals surface area (Å²) in [5.41, 5.74) is 0.234. The fraction of sp³-hybridized carbons (Fsp3) is 0.474. The topological polar surface area (TPSA) is 41.5 Å². The summed E-state index contributed by atoms with van der Waals surface area (Å²) >= 11 is 3.50. The second kappa shape index (κ2) is 8.65. The number of nitrogens with zero attached hydrogens (tertiary/aromatic N) is 4. The highest BCUT2D eigenvalue weighted by Gasteiger charge is 2.34. The summed E-state index contributed by atoms with van der Waals surface area (Å²) in [6, 6.07) is 7.08. The molecule has 9 heteroatoms. The average molecular weight is 459 g/mol. The molecule has 5 nitrogen and oxygen atoms in total. The van der Waals surface area contributed by atoms with Crippen LogP contribution in [-0.4, -0.2) is 48.2 Å². The van der Waals surface area contributed by atoms with Crippen LogP contribution in [-0.2, 0) is 12.7 Å². The predicted molar refractivity (Wildman–Crippen MR) is 104 cm³/mol. The summed E-state index contributed by atoms with van der Waals surface area (Å²) in [5, 5.41) is 0. The van der Waals surface area contributed by atoms with E-state index in [9.17, 15) is 13.2 Å². The number of piperidine rings is 1. The van der Waals surface area contributed by atoms with E-state index in [1.807, 2.05) is 23.1 Å². The Hall–Kier alpha value is -1.87. The molecule has 2 aromatic rings. The van der Waals surface area contributed by atoms with E-state index in [4.69, 9.17) is 4.74 Å². The summed E-state index contributed by atoms with van der Waals surface area (Å²) < 4.78 is 45.0. The van der Waals surface area contributed by atoms with E-state index in [2.05, 4.69) is 30.8 Å². The summed E-state index contributed by atoms with van der Waals surface area (Å²) in [7, 11) is 3.42. The Morgan fingerprint density at radius 3 is 2.75 bits per heavy atom. The second-order valence-corrected chi connectivity index (χ2v) is 7.72. The highest BCUT2D eigenvalue weighted by molar-refractivity contribution is 9.10. The molecule has 0 spiro atoms. The molecule has 0 amide bonds. The van der Waals surface area contributed by atoms with Gasteiger partial charge in [0.05, 0.1) is 11.6 Å². The van der Waals surface area contributed by atoms with Crippen molar-refractivity contribution in [1.29, 1.82) is 0 Å². The number of aromatic nitrogens is 2. The van der Waals surface area contributed by atoms with E-state index in [1.165, 1.54) is 0 Å².